The summed E-state index contributed by atoms with van der Waals surface area (Å²) in [5, 5.41) is 0. The van der Waals surface area contributed by atoms with Gasteiger partial charge >= 0.3 is 5.97 Å². The van der Waals surface area contributed by atoms with Crippen LogP contribution < -0.4 is 0 Å². The van der Waals surface area contributed by atoms with Crippen molar-refractivity contribution in [3.8, 4) is 11.3 Å². The number of rotatable bonds is 4. The van der Waals surface area contributed by atoms with Crippen LogP contribution in [0.2, 0.25) is 0 Å². The molecule has 1 aromatic heterocycles. The van der Waals surface area contributed by atoms with Gasteiger partial charge in [-0.05, 0) is 58.6 Å². The molecule has 23 heavy (non-hydrogen) atoms. The maximum absolute atomic E-state index is 12.2. The van der Waals surface area contributed by atoms with Crippen LogP contribution in [0.25, 0.3) is 11.3 Å². The third-order valence-corrected chi connectivity index (χ3v) is 3.12. The lowest BCUT2D eigenvalue weighted by molar-refractivity contribution is 0.00694. The van der Waals surface area contributed by atoms with Crippen LogP contribution in [0, 0.1) is 0 Å². The van der Waals surface area contributed by atoms with E-state index in [0.29, 0.717) is 5.56 Å². The highest BCUT2D eigenvalue weighted by molar-refractivity contribution is 5.90. The molecule has 0 atom stereocenters. The SMILES string of the molecule is CN(C)Cc1cccc(-c2cc(C(=O)OC(C)(C)C)ccn2)c1. The van der Waals surface area contributed by atoms with Crippen LogP contribution in [-0.4, -0.2) is 35.5 Å². The van der Waals surface area contributed by atoms with E-state index in [2.05, 4.69) is 22.0 Å². The van der Waals surface area contributed by atoms with Crippen molar-refractivity contribution in [2.45, 2.75) is 32.9 Å². The van der Waals surface area contributed by atoms with E-state index in [4.69, 9.17) is 4.74 Å². The summed E-state index contributed by atoms with van der Waals surface area (Å²) in [6.45, 7) is 6.44. The Morgan fingerprint density at radius 3 is 2.57 bits per heavy atom. The average molecular weight is 312 g/mol. The molecular formula is C19H24N2O2. The van der Waals surface area contributed by atoms with Crippen molar-refractivity contribution in [2.75, 3.05) is 14.1 Å². The van der Waals surface area contributed by atoms with Gasteiger partial charge in [0.2, 0.25) is 0 Å². The summed E-state index contributed by atoms with van der Waals surface area (Å²) in [7, 11) is 4.07. The number of carbonyl (C=O) groups is 1. The van der Waals surface area contributed by atoms with Gasteiger partial charge in [0.15, 0.2) is 0 Å². The predicted octanol–water partition coefficient (Wildman–Crippen LogP) is 3.77. The average Bonchev–Trinajstić information content (AvgIpc) is 2.45. The molecule has 0 aliphatic heterocycles. The number of nitrogens with zero attached hydrogens (tertiary/aromatic N) is 2. The Hall–Kier alpha value is -2.20. The van der Waals surface area contributed by atoms with Gasteiger partial charge in [-0.25, -0.2) is 4.79 Å². The Labute approximate surface area is 138 Å². The van der Waals surface area contributed by atoms with Crippen LogP contribution in [0.5, 0.6) is 0 Å². The summed E-state index contributed by atoms with van der Waals surface area (Å²) in [5.41, 5.74) is 2.98. The molecule has 1 aromatic carbocycles. The number of pyridine rings is 1. The van der Waals surface area contributed by atoms with Gasteiger partial charge in [-0.15, -0.1) is 0 Å². The molecule has 0 unspecified atom stereocenters. The first-order chi connectivity index (χ1) is 10.7. The zero-order chi connectivity index (χ0) is 17.0. The van der Waals surface area contributed by atoms with E-state index in [1.54, 1.807) is 18.3 Å². The molecule has 2 aromatic rings. The first-order valence-corrected chi connectivity index (χ1v) is 7.68. The Morgan fingerprint density at radius 1 is 1.17 bits per heavy atom. The molecule has 0 radical (unpaired) electrons. The summed E-state index contributed by atoms with van der Waals surface area (Å²) in [5.74, 6) is -0.328. The Bertz CT molecular complexity index is 688. The van der Waals surface area contributed by atoms with Gasteiger partial charge in [0.25, 0.3) is 0 Å². The molecule has 0 bridgehead atoms. The molecule has 2 rings (SSSR count). The monoisotopic (exact) mass is 312 g/mol. The van der Waals surface area contributed by atoms with E-state index in [-0.39, 0.29) is 5.97 Å². The topological polar surface area (TPSA) is 42.4 Å². The van der Waals surface area contributed by atoms with Gasteiger partial charge in [0.1, 0.15) is 5.60 Å². The normalized spacial score (nSPS) is 11.6. The molecule has 0 amide bonds. The van der Waals surface area contributed by atoms with E-state index < -0.39 is 5.60 Å². The summed E-state index contributed by atoms with van der Waals surface area (Å²) >= 11 is 0. The summed E-state index contributed by atoms with van der Waals surface area (Å²) in [6, 6.07) is 11.7. The zero-order valence-corrected chi connectivity index (χ0v) is 14.5. The highest BCUT2D eigenvalue weighted by Gasteiger charge is 2.18. The number of esters is 1. The summed E-state index contributed by atoms with van der Waals surface area (Å²) in [6.07, 6.45) is 1.65. The van der Waals surface area contributed by atoms with Gasteiger partial charge in [0.05, 0.1) is 11.3 Å². The molecule has 0 saturated heterocycles. The quantitative estimate of drug-likeness (QED) is 0.806. The van der Waals surface area contributed by atoms with Crippen LogP contribution in [0.3, 0.4) is 0 Å². The summed E-state index contributed by atoms with van der Waals surface area (Å²) in [4.78, 5) is 18.7. The van der Waals surface area contributed by atoms with E-state index in [0.717, 1.165) is 17.8 Å². The van der Waals surface area contributed by atoms with Gasteiger partial charge < -0.3 is 9.64 Å². The minimum Gasteiger partial charge on any atom is -0.456 e. The molecule has 0 N–H and O–H groups in total. The Morgan fingerprint density at radius 2 is 1.91 bits per heavy atom. The Balaban J connectivity index is 2.28. The second kappa shape index (κ2) is 6.92. The second-order valence-corrected chi connectivity index (χ2v) is 6.87. The van der Waals surface area contributed by atoms with Crippen molar-refractivity contribution in [1.29, 1.82) is 0 Å². The lowest BCUT2D eigenvalue weighted by Crippen LogP contribution is -2.23. The molecule has 4 nitrogen and oxygen atoms in total. The van der Waals surface area contributed by atoms with Gasteiger partial charge in [0, 0.05) is 18.3 Å². The number of hydrogen-bond acceptors (Lipinski definition) is 4. The van der Waals surface area contributed by atoms with Crippen LogP contribution in [0.15, 0.2) is 42.6 Å². The van der Waals surface area contributed by atoms with Crippen molar-refractivity contribution in [2.24, 2.45) is 0 Å². The van der Waals surface area contributed by atoms with Crippen molar-refractivity contribution >= 4 is 5.97 Å². The maximum atomic E-state index is 12.2. The lowest BCUT2D eigenvalue weighted by atomic mass is 10.1. The van der Waals surface area contributed by atoms with Gasteiger partial charge in [-0.2, -0.15) is 0 Å². The van der Waals surface area contributed by atoms with E-state index in [9.17, 15) is 4.79 Å². The molecule has 4 heteroatoms. The number of benzene rings is 1. The zero-order valence-electron chi connectivity index (χ0n) is 14.5. The van der Waals surface area contributed by atoms with Crippen molar-refractivity contribution in [1.82, 2.24) is 9.88 Å². The van der Waals surface area contributed by atoms with E-state index in [1.807, 2.05) is 47.0 Å². The fourth-order valence-electron chi connectivity index (χ4n) is 2.25. The van der Waals surface area contributed by atoms with Crippen molar-refractivity contribution in [3.05, 3.63) is 53.7 Å². The van der Waals surface area contributed by atoms with Gasteiger partial charge in [-0.1, -0.05) is 18.2 Å². The molecule has 1 heterocycles. The molecule has 0 spiro atoms. The first-order valence-electron chi connectivity index (χ1n) is 7.68. The third-order valence-electron chi connectivity index (χ3n) is 3.12. The highest BCUT2D eigenvalue weighted by Crippen LogP contribution is 2.21. The largest absolute Gasteiger partial charge is 0.456 e. The fourth-order valence-corrected chi connectivity index (χ4v) is 2.25. The standard InChI is InChI=1S/C19H24N2O2/c1-19(2,3)23-18(22)16-9-10-20-17(12-16)15-8-6-7-14(11-15)13-21(4)5/h6-12H,13H2,1-5H3. The highest BCUT2D eigenvalue weighted by atomic mass is 16.6. The smallest absolute Gasteiger partial charge is 0.338 e. The van der Waals surface area contributed by atoms with Crippen LogP contribution >= 0.6 is 0 Å². The molecule has 0 saturated carbocycles. The van der Waals surface area contributed by atoms with Crippen LogP contribution in [-0.2, 0) is 11.3 Å². The third kappa shape index (κ3) is 5.18. The molecular weight excluding hydrogens is 288 g/mol. The van der Waals surface area contributed by atoms with Crippen LogP contribution in [0.4, 0.5) is 0 Å². The summed E-state index contributed by atoms with van der Waals surface area (Å²) < 4.78 is 5.42. The minimum absolute atomic E-state index is 0.328. The predicted molar refractivity (Wildman–Crippen MR) is 92.2 cm³/mol. The first kappa shape index (κ1) is 17.2. The van der Waals surface area contributed by atoms with E-state index >= 15 is 0 Å². The molecule has 0 fully saturated rings. The molecule has 0 aliphatic carbocycles. The lowest BCUT2D eigenvalue weighted by Gasteiger charge is -2.19. The number of carbonyl (C=O) groups excluding carboxylic acids is 1. The fraction of sp³-hybridized carbons (Fsp3) is 0.368. The Kier molecular flexibility index (Phi) is 5.16. The van der Waals surface area contributed by atoms with Crippen LogP contribution in [0.1, 0.15) is 36.7 Å². The molecule has 0 aliphatic rings. The van der Waals surface area contributed by atoms with Crippen molar-refractivity contribution in [3.63, 3.8) is 0 Å². The van der Waals surface area contributed by atoms with Gasteiger partial charge in [-0.3, -0.25) is 4.98 Å². The number of hydrogen-bond donors (Lipinski definition) is 0. The second-order valence-electron chi connectivity index (χ2n) is 6.87. The molecule has 122 valence electrons. The number of ether oxygens (including phenoxy) is 1. The van der Waals surface area contributed by atoms with Crippen molar-refractivity contribution < 1.29 is 9.53 Å². The number of aromatic nitrogens is 1. The van der Waals surface area contributed by atoms with E-state index in [1.165, 1.54) is 5.56 Å². The minimum atomic E-state index is -0.508. The maximum Gasteiger partial charge on any atom is 0.338 e.